The lowest BCUT2D eigenvalue weighted by atomic mass is 10.0. The second kappa shape index (κ2) is 5.27. The number of nitrogens with zero attached hydrogens (tertiary/aromatic N) is 1. The number of halogens is 2. The van der Waals surface area contributed by atoms with Gasteiger partial charge in [-0.25, -0.2) is 13.8 Å². The van der Waals surface area contributed by atoms with Gasteiger partial charge in [-0.05, 0) is 13.3 Å². The lowest BCUT2D eigenvalue weighted by Gasteiger charge is -2.28. The highest BCUT2D eigenvalue weighted by Crippen LogP contribution is 2.23. The predicted octanol–water partition coefficient (Wildman–Crippen LogP) is 1.97. The van der Waals surface area contributed by atoms with Crippen LogP contribution < -0.4 is 10.6 Å². The van der Waals surface area contributed by atoms with E-state index in [0.717, 1.165) is 6.07 Å². The molecule has 0 aromatic carbocycles. The summed E-state index contributed by atoms with van der Waals surface area (Å²) in [5, 5.41) is 14.5. The van der Waals surface area contributed by atoms with Crippen molar-refractivity contribution in [2.45, 2.75) is 25.8 Å². The molecule has 0 radical (unpaired) electrons. The minimum Gasteiger partial charge on any atom is -0.394 e. The zero-order valence-electron chi connectivity index (χ0n) is 10.1. The van der Waals surface area contributed by atoms with Crippen molar-refractivity contribution in [3.05, 3.63) is 17.7 Å². The quantitative estimate of drug-likeness (QED) is 0.742. The summed E-state index contributed by atoms with van der Waals surface area (Å²) in [6.45, 7) is 3.41. The number of anilines is 2. The molecule has 17 heavy (non-hydrogen) atoms. The van der Waals surface area contributed by atoms with Gasteiger partial charge < -0.3 is 15.7 Å². The van der Waals surface area contributed by atoms with E-state index >= 15 is 0 Å². The molecule has 0 aliphatic heterocycles. The molecule has 0 spiro atoms. The van der Waals surface area contributed by atoms with Gasteiger partial charge >= 0.3 is 0 Å². The Morgan fingerprint density at radius 2 is 1.94 bits per heavy atom. The first-order chi connectivity index (χ1) is 7.95. The van der Waals surface area contributed by atoms with E-state index in [1.165, 1.54) is 7.05 Å². The summed E-state index contributed by atoms with van der Waals surface area (Å²) >= 11 is 0. The van der Waals surface area contributed by atoms with E-state index in [4.69, 9.17) is 0 Å². The molecule has 1 atom stereocenters. The van der Waals surface area contributed by atoms with Crippen LogP contribution in [0.1, 0.15) is 20.3 Å². The number of aliphatic hydroxyl groups is 1. The van der Waals surface area contributed by atoms with Crippen molar-refractivity contribution in [2.75, 3.05) is 24.3 Å². The first kappa shape index (κ1) is 13.6. The Bertz CT molecular complexity index is 395. The second-order valence-electron chi connectivity index (χ2n) is 4.10. The molecule has 1 aromatic rings. The molecular formula is C11H17F2N3O. The average Bonchev–Trinajstić information content (AvgIpc) is 2.32. The van der Waals surface area contributed by atoms with Gasteiger partial charge in [-0.15, -0.1) is 0 Å². The number of hydrogen-bond donors (Lipinski definition) is 3. The number of aliphatic hydroxyl groups excluding tert-OH is 1. The van der Waals surface area contributed by atoms with Crippen LogP contribution in [0.15, 0.2) is 6.07 Å². The topological polar surface area (TPSA) is 57.2 Å². The largest absolute Gasteiger partial charge is 0.394 e. The number of pyridine rings is 1. The highest BCUT2D eigenvalue weighted by atomic mass is 19.1. The zero-order chi connectivity index (χ0) is 13.1. The van der Waals surface area contributed by atoms with Gasteiger partial charge in [0.1, 0.15) is 0 Å². The van der Waals surface area contributed by atoms with Crippen molar-refractivity contribution in [2.24, 2.45) is 0 Å². The van der Waals surface area contributed by atoms with Crippen molar-refractivity contribution in [3.8, 4) is 0 Å². The fourth-order valence-electron chi connectivity index (χ4n) is 1.26. The van der Waals surface area contributed by atoms with Gasteiger partial charge in [0.05, 0.1) is 12.1 Å². The second-order valence-corrected chi connectivity index (χ2v) is 4.10. The first-order valence-corrected chi connectivity index (χ1v) is 5.38. The lowest BCUT2D eigenvalue weighted by Crippen LogP contribution is -2.38. The molecule has 6 heteroatoms. The van der Waals surface area contributed by atoms with Crippen LogP contribution in [0.3, 0.4) is 0 Å². The maximum absolute atomic E-state index is 13.5. The van der Waals surface area contributed by atoms with E-state index in [1.807, 2.05) is 6.92 Å². The van der Waals surface area contributed by atoms with Crippen LogP contribution in [0.2, 0.25) is 0 Å². The van der Waals surface area contributed by atoms with Crippen molar-refractivity contribution >= 4 is 11.6 Å². The molecule has 0 aliphatic rings. The maximum Gasteiger partial charge on any atom is 0.168 e. The standard InChI is InChI=1S/C11H17F2N3O/c1-4-11(2,6-17)16-10-8(13)5-7(12)9(14-3)15-10/h5,17H,4,6H2,1-3H3,(H2,14,15,16). The molecule has 0 saturated carbocycles. The number of aromatic nitrogens is 1. The molecular weight excluding hydrogens is 228 g/mol. The van der Waals surface area contributed by atoms with Gasteiger partial charge in [-0.1, -0.05) is 6.92 Å². The molecule has 4 nitrogen and oxygen atoms in total. The molecule has 1 unspecified atom stereocenters. The molecule has 0 aliphatic carbocycles. The summed E-state index contributed by atoms with van der Waals surface area (Å²) in [5.74, 6) is -1.65. The van der Waals surface area contributed by atoms with E-state index in [-0.39, 0.29) is 18.2 Å². The molecule has 1 rings (SSSR count). The van der Waals surface area contributed by atoms with Crippen molar-refractivity contribution in [1.82, 2.24) is 4.98 Å². The van der Waals surface area contributed by atoms with Gasteiger partial charge in [-0.2, -0.15) is 0 Å². The average molecular weight is 245 g/mol. The normalized spacial score (nSPS) is 14.2. The van der Waals surface area contributed by atoms with Gasteiger partial charge in [0, 0.05) is 13.1 Å². The Balaban J connectivity index is 3.06. The highest BCUT2D eigenvalue weighted by molar-refractivity contribution is 5.48. The van der Waals surface area contributed by atoms with E-state index in [9.17, 15) is 13.9 Å². The van der Waals surface area contributed by atoms with Gasteiger partial charge in [0.25, 0.3) is 0 Å². The Kier molecular flexibility index (Phi) is 4.22. The molecule has 3 N–H and O–H groups in total. The third-order valence-electron chi connectivity index (χ3n) is 2.72. The smallest absolute Gasteiger partial charge is 0.168 e. The maximum atomic E-state index is 13.5. The summed E-state index contributed by atoms with van der Waals surface area (Å²) < 4.78 is 26.7. The lowest BCUT2D eigenvalue weighted by molar-refractivity contribution is 0.218. The van der Waals surface area contributed by atoms with Crippen LogP contribution in [0.5, 0.6) is 0 Å². The monoisotopic (exact) mass is 245 g/mol. The summed E-state index contributed by atoms with van der Waals surface area (Å²) in [6.07, 6.45) is 0.580. The summed E-state index contributed by atoms with van der Waals surface area (Å²) in [5.41, 5.74) is -0.684. The van der Waals surface area contributed by atoms with Crippen molar-refractivity contribution in [1.29, 1.82) is 0 Å². The molecule has 0 amide bonds. The van der Waals surface area contributed by atoms with Crippen LogP contribution >= 0.6 is 0 Å². The fraction of sp³-hybridized carbons (Fsp3) is 0.545. The number of nitrogens with one attached hydrogen (secondary N) is 2. The van der Waals surface area contributed by atoms with Gasteiger partial charge in [-0.3, -0.25) is 0 Å². The van der Waals surface area contributed by atoms with E-state index in [1.54, 1.807) is 6.92 Å². The summed E-state index contributed by atoms with van der Waals surface area (Å²) in [6, 6.07) is 0.759. The van der Waals surface area contributed by atoms with Crippen molar-refractivity contribution in [3.63, 3.8) is 0 Å². The molecule has 0 bridgehead atoms. The van der Waals surface area contributed by atoms with Crippen LogP contribution in [-0.2, 0) is 0 Å². The molecule has 96 valence electrons. The zero-order valence-corrected chi connectivity index (χ0v) is 10.1. The predicted molar refractivity (Wildman–Crippen MR) is 63.1 cm³/mol. The Morgan fingerprint density at radius 1 is 1.35 bits per heavy atom. The first-order valence-electron chi connectivity index (χ1n) is 5.38. The molecule has 1 aromatic heterocycles. The van der Waals surface area contributed by atoms with E-state index in [0.29, 0.717) is 6.42 Å². The van der Waals surface area contributed by atoms with Gasteiger partial charge in [0.2, 0.25) is 0 Å². The minimum atomic E-state index is -0.783. The van der Waals surface area contributed by atoms with E-state index in [2.05, 4.69) is 15.6 Å². The highest BCUT2D eigenvalue weighted by Gasteiger charge is 2.23. The third kappa shape index (κ3) is 3.03. The Morgan fingerprint density at radius 3 is 2.41 bits per heavy atom. The number of hydrogen-bond acceptors (Lipinski definition) is 4. The van der Waals surface area contributed by atoms with Gasteiger partial charge in [0.15, 0.2) is 23.3 Å². The van der Waals surface area contributed by atoms with Crippen LogP contribution in [0, 0.1) is 11.6 Å². The van der Waals surface area contributed by atoms with Crippen LogP contribution in [0.4, 0.5) is 20.4 Å². The molecule has 1 heterocycles. The van der Waals surface area contributed by atoms with Crippen LogP contribution in [0.25, 0.3) is 0 Å². The SMILES string of the molecule is CCC(C)(CO)Nc1nc(NC)c(F)cc1F. The third-order valence-corrected chi connectivity index (χ3v) is 2.72. The van der Waals surface area contributed by atoms with Crippen molar-refractivity contribution < 1.29 is 13.9 Å². The molecule has 0 fully saturated rings. The Labute approximate surface area is 99.1 Å². The Hall–Kier alpha value is -1.43. The number of rotatable bonds is 5. The molecule has 0 saturated heterocycles. The summed E-state index contributed by atoms with van der Waals surface area (Å²) in [4.78, 5) is 3.79. The fourth-order valence-corrected chi connectivity index (χ4v) is 1.26. The summed E-state index contributed by atoms with van der Waals surface area (Å²) in [7, 11) is 1.50. The van der Waals surface area contributed by atoms with Crippen LogP contribution in [-0.4, -0.2) is 29.3 Å². The minimum absolute atomic E-state index is 0.0368. The van der Waals surface area contributed by atoms with E-state index < -0.39 is 17.2 Å².